The summed E-state index contributed by atoms with van der Waals surface area (Å²) in [6.45, 7) is 6.71. The summed E-state index contributed by atoms with van der Waals surface area (Å²) in [5.74, 6) is -1.75. The van der Waals surface area contributed by atoms with Crippen LogP contribution >= 0.6 is 22.9 Å². The molecule has 264 valence electrons. The van der Waals surface area contributed by atoms with Gasteiger partial charge in [-0.25, -0.2) is 14.6 Å². The second-order valence-corrected chi connectivity index (χ2v) is 14.0. The third-order valence-corrected chi connectivity index (χ3v) is 9.78. The number of aromatic nitrogens is 4. The first kappa shape index (κ1) is 35.5. The van der Waals surface area contributed by atoms with Gasteiger partial charge in [0.2, 0.25) is 11.8 Å². The molecule has 4 amide bonds. The maximum absolute atomic E-state index is 14.5. The number of hydrogen-bond donors (Lipinski definition) is 3. The number of amides is 4. The molecule has 3 N–H and O–H groups in total. The maximum atomic E-state index is 14.5. The van der Waals surface area contributed by atoms with Crippen molar-refractivity contribution in [1.82, 2.24) is 40.6 Å². The lowest BCUT2D eigenvalue weighted by Gasteiger charge is -2.29. The molecule has 2 aromatic carbocycles. The Morgan fingerprint density at radius 2 is 1.82 bits per heavy atom. The lowest BCUT2D eigenvalue weighted by atomic mass is 10.0. The summed E-state index contributed by atoms with van der Waals surface area (Å²) in [5, 5.41) is 15.5. The van der Waals surface area contributed by atoms with Gasteiger partial charge in [-0.2, -0.15) is 5.10 Å². The lowest BCUT2D eigenvalue weighted by Crippen LogP contribution is -2.50. The van der Waals surface area contributed by atoms with Crippen molar-refractivity contribution in [2.24, 2.45) is 5.92 Å². The number of rotatable bonds is 5. The molecule has 4 bridgehead atoms. The summed E-state index contributed by atoms with van der Waals surface area (Å²) < 4.78 is 7.53. The van der Waals surface area contributed by atoms with Crippen molar-refractivity contribution in [3.05, 3.63) is 117 Å². The molecule has 0 saturated carbocycles. The van der Waals surface area contributed by atoms with Crippen molar-refractivity contribution in [2.45, 2.75) is 52.2 Å². The van der Waals surface area contributed by atoms with Crippen molar-refractivity contribution in [2.75, 3.05) is 13.1 Å². The van der Waals surface area contributed by atoms with Crippen molar-refractivity contribution >= 4 is 46.6 Å². The number of nitrogens with zero attached hydrogens (tertiary/aromatic N) is 5. The molecule has 3 aromatic heterocycles. The van der Waals surface area contributed by atoms with Gasteiger partial charge in [-0.05, 0) is 56.0 Å². The third-order valence-electron chi connectivity index (χ3n) is 8.42. The van der Waals surface area contributed by atoms with E-state index in [-0.39, 0.29) is 46.1 Å². The standard InChI is InChI=1S/C36H37ClN8O5S/c1-20(2)30-34-43-31(22(4)50-34)33(48)39-21(3)35-41-28(19-51-35)32(47)40-24(15-23-9-6-5-7-10-23)17-44(18-29(46)42-30)36(49)26-16-25(11-12-27(26)37)45-14-8-13-38-45/h5-14,16,19-21,24,30H,15,17-18H2,1-4H3,(H,39,48)(H,40,47)(H,42,46)/t21-,24-,30+/m1/s1. The Morgan fingerprint density at radius 1 is 1.04 bits per heavy atom. The van der Waals surface area contributed by atoms with Gasteiger partial charge in [-0.3, -0.25) is 19.2 Å². The largest absolute Gasteiger partial charge is 0.443 e. The van der Waals surface area contributed by atoms with Crippen LogP contribution in [-0.2, 0) is 11.2 Å². The zero-order chi connectivity index (χ0) is 36.2. The van der Waals surface area contributed by atoms with Crippen LogP contribution in [0.2, 0.25) is 5.02 Å². The summed E-state index contributed by atoms with van der Waals surface area (Å²) in [6, 6.07) is 14.3. The molecule has 15 heteroatoms. The normalized spacial score (nSPS) is 18.8. The molecule has 4 heterocycles. The van der Waals surface area contributed by atoms with E-state index in [1.807, 2.05) is 44.2 Å². The van der Waals surface area contributed by atoms with Crippen molar-refractivity contribution in [3.8, 4) is 5.69 Å². The van der Waals surface area contributed by atoms with Gasteiger partial charge >= 0.3 is 0 Å². The Labute approximate surface area is 303 Å². The first-order chi connectivity index (χ1) is 24.5. The van der Waals surface area contributed by atoms with Gasteiger partial charge in [0, 0.05) is 24.3 Å². The van der Waals surface area contributed by atoms with Gasteiger partial charge in [0.05, 0.1) is 34.9 Å². The van der Waals surface area contributed by atoms with Crippen LogP contribution in [0, 0.1) is 12.8 Å². The number of oxazole rings is 1. The highest BCUT2D eigenvalue weighted by atomic mass is 35.5. The average Bonchev–Trinajstić information content (AvgIpc) is 3.89. The number of nitrogens with one attached hydrogen (secondary N) is 3. The van der Waals surface area contributed by atoms with Crippen molar-refractivity contribution in [3.63, 3.8) is 0 Å². The zero-order valence-corrected chi connectivity index (χ0v) is 30.0. The maximum Gasteiger partial charge on any atom is 0.274 e. The highest BCUT2D eigenvalue weighted by molar-refractivity contribution is 7.09. The van der Waals surface area contributed by atoms with Crippen LogP contribution < -0.4 is 16.0 Å². The van der Waals surface area contributed by atoms with Gasteiger partial charge in [0.15, 0.2) is 5.69 Å². The van der Waals surface area contributed by atoms with E-state index in [1.54, 1.807) is 60.6 Å². The Balaban J connectivity index is 1.41. The Kier molecular flexibility index (Phi) is 10.6. The highest BCUT2D eigenvalue weighted by Crippen LogP contribution is 2.26. The Bertz CT molecular complexity index is 2040. The van der Waals surface area contributed by atoms with Gasteiger partial charge in [-0.15, -0.1) is 11.3 Å². The summed E-state index contributed by atoms with van der Waals surface area (Å²) >= 11 is 7.86. The summed E-state index contributed by atoms with van der Waals surface area (Å²) in [5.41, 5.74) is 1.88. The number of carbonyl (C=O) groups is 4. The molecule has 6 rings (SSSR count). The molecule has 0 fully saturated rings. The molecular formula is C36H37ClN8O5S. The number of aryl methyl sites for hydroxylation is 1. The quantitative estimate of drug-likeness (QED) is 0.226. The predicted molar refractivity (Wildman–Crippen MR) is 191 cm³/mol. The van der Waals surface area contributed by atoms with E-state index in [0.29, 0.717) is 17.1 Å². The fourth-order valence-corrected chi connectivity index (χ4v) is 6.80. The summed E-state index contributed by atoms with van der Waals surface area (Å²) in [4.78, 5) is 65.7. The molecule has 1 aliphatic heterocycles. The number of halogens is 1. The van der Waals surface area contributed by atoms with E-state index in [9.17, 15) is 19.2 Å². The van der Waals surface area contributed by atoms with E-state index in [0.717, 1.165) is 5.56 Å². The van der Waals surface area contributed by atoms with Crippen molar-refractivity contribution < 1.29 is 23.6 Å². The molecule has 0 unspecified atom stereocenters. The van der Waals surface area contributed by atoms with Crippen LogP contribution in [0.3, 0.4) is 0 Å². The lowest BCUT2D eigenvalue weighted by molar-refractivity contribution is -0.123. The van der Waals surface area contributed by atoms with E-state index < -0.39 is 48.3 Å². The number of hydrogen-bond acceptors (Lipinski definition) is 9. The minimum Gasteiger partial charge on any atom is -0.443 e. The molecule has 1 aliphatic rings. The molecule has 13 nitrogen and oxygen atoms in total. The number of thiazole rings is 1. The molecular weight excluding hydrogens is 692 g/mol. The van der Waals surface area contributed by atoms with E-state index >= 15 is 0 Å². The molecule has 0 aliphatic carbocycles. The van der Waals surface area contributed by atoms with E-state index in [4.69, 9.17) is 16.0 Å². The Hall–Kier alpha value is -5.34. The molecule has 0 spiro atoms. The summed E-state index contributed by atoms with van der Waals surface area (Å²) in [7, 11) is 0. The fourth-order valence-electron chi connectivity index (χ4n) is 5.80. The van der Waals surface area contributed by atoms with Crippen LogP contribution in [0.15, 0.2) is 76.8 Å². The van der Waals surface area contributed by atoms with Crippen molar-refractivity contribution in [1.29, 1.82) is 0 Å². The molecule has 0 radical (unpaired) electrons. The van der Waals surface area contributed by atoms with Gasteiger partial charge < -0.3 is 25.3 Å². The first-order valence-electron chi connectivity index (χ1n) is 16.4. The number of fused-ring (bicyclic) bond motifs is 4. The van der Waals surface area contributed by atoms with E-state index in [2.05, 4.69) is 31.0 Å². The molecule has 5 aromatic rings. The molecule has 51 heavy (non-hydrogen) atoms. The van der Waals surface area contributed by atoms with Crippen LogP contribution in [0.5, 0.6) is 0 Å². The predicted octanol–water partition coefficient (Wildman–Crippen LogP) is 5.08. The molecule has 3 atom stereocenters. The first-order valence-corrected chi connectivity index (χ1v) is 17.7. The minimum atomic E-state index is -0.723. The molecule has 0 saturated heterocycles. The SMILES string of the molecule is Cc1oc2nc1C(=O)N[C@H](C)c1nc(cs1)C(=O)N[C@H](Cc1ccccc1)CN(C(=O)c1cc(-n3cccn3)ccc1Cl)CC(=O)N[C@H]2C(C)C. The Morgan fingerprint density at radius 3 is 2.55 bits per heavy atom. The fraction of sp³-hybridized carbons (Fsp3) is 0.306. The van der Waals surface area contributed by atoms with Gasteiger partial charge in [0.1, 0.15) is 22.5 Å². The second-order valence-electron chi connectivity index (χ2n) is 12.7. The topological polar surface area (TPSA) is 164 Å². The van der Waals surface area contributed by atoms with Crippen LogP contribution in [-0.4, -0.2) is 67.4 Å². The van der Waals surface area contributed by atoms with Gasteiger partial charge in [-0.1, -0.05) is 55.8 Å². The third kappa shape index (κ3) is 8.18. The monoisotopic (exact) mass is 728 g/mol. The average molecular weight is 729 g/mol. The number of benzene rings is 2. The van der Waals surface area contributed by atoms with Crippen LogP contribution in [0.4, 0.5) is 0 Å². The van der Waals surface area contributed by atoms with E-state index in [1.165, 1.54) is 16.2 Å². The second kappa shape index (κ2) is 15.3. The minimum absolute atomic E-state index is 0.0483. The van der Waals surface area contributed by atoms with Crippen LogP contribution in [0.1, 0.15) is 86.4 Å². The zero-order valence-electron chi connectivity index (χ0n) is 28.4. The van der Waals surface area contributed by atoms with Crippen LogP contribution in [0.25, 0.3) is 5.69 Å². The smallest absolute Gasteiger partial charge is 0.274 e. The highest BCUT2D eigenvalue weighted by Gasteiger charge is 2.31. The number of carbonyl (C=O) groups excluding carboxylic acids is 4. The summed E-state index contributed by atoms with van der Waals surface area (Å²) in [6.07, 6.45) is 3.70. The van der Waals surface area contributed by atoms with Gasteiger partial charge in [0.25, 0.3) is 17.7 Å².